The maximum absolute atomic E-state index is 5.32. The van der Waals surface area contributed by atoms with Crippen LogP contribution in [0.15, 0.2) is 6.20 Å². The van der Waals surface area contributed by atoms with E-state index in [0.29, 0.717) is 11.9 Å². The number of hydrogen-bond donors (Lipinski definition) is 1. The van der Waals surface area contributed by atoms with E-state index in [1.807, 2.05) is 13.8 Å². The number of aromatic nitrogens is 3. The summed E-state index contributed by atoms with van der Waals surface area (Å²) in [6.07, 6.45) is 1.71. The lowest BCUT2D eigenvalue weighted by Crippen LogP contribution is -2.00. The van der Waals surface area contributed by atoms with Gasteiger partial charge in [0.05, 0.1) is 6.20 Å². The van der Waals surface area contributed by atoms with Crippen LogP contribution >= 0.6 is 0 Å². The van der Waals surface area contributed by atoms with Crippen molar-refractivity contribution in [3.63, 3.8) is 0 Å². The Hall–Kier alpha value is -1.06. The van der Waals surface area contributed by atoms with Gasteiger partial charge in [-0.05, 0) is 13.8 Å². The minimum atomic E-state index is 0.342. The Morgan fingerprint density at radius 1 is 1.67 bits per heavy atom. The molecular weight excluding hydrogens is 116 g/mol. The van der Waals surface area contributed by atoms with Gasteiger partial charge in [-0.1, -0.05) is 5.21 Å². The zero-order chi connectivity index (χ0) is 6.85. The van der Waals surface area contributed by atoms with E-state index in [1.165, 1.54) is 0 Å². The van der Waals surface area contributed by atoms with Gasteiger partial charge in [0.2, 0.25) is 0 Å². The molecule has 0 fully saturated rings. The van der Waals surface area contributed by atoms with Crippen molar-refractivity contribution in [3.05, 3.63) is 6.20 Å². The van der Waals surface area contributed by atoms with Crippen LogP contribution in [-0.2, 0) is 0 Å². The van der Waals surface area contributed by atoms with Crippen LogP contribution in [-0.4, -0.2) is 15.0 Å². The second-order valence-electron chi connectivity index (χ2n) is 2.22. The lowest BCUT2D eigenvalue weighted by molar-refractivity contribution is 0.514. The summed E-state index contributed by atoms with van der Waals surface area (Å²) < 4.78 is 1.72. The average Bonchev–Trinajstić information content (AvgIpc) is 2.14. The first-order valence-electron chi connectivity index (χ1n) is 2.87. The van der Waals surface area contributed by atoms with Gasteiger partial charge >= 0.3 is 0 Å². The number of nitrogens with two attached hydrogens (primary N) is 1. The van der Waals surface area contributed by atoms with Gasteiger partial charge in [-0.3, -0.25) is 0 Å². The number of nitrogen functional groups attached to an aromatic ring is 1. The highest BCUT2D eigenvalue weighted by Crippen LogP contribution is 2.01. The summed E-state index contributed by atoms with van der Waals surface area (Å²) in [7, 11) is 0. The largest absolute Gasteiger partial charge is 0.381 e. The van der Waals surface area contributed by atoms with Crippen LogP contribution in [0.25, 0.3) is 0 Å². The molecule has 1 heterocycles. The molecule has 1 aromatic rings. The van der Waals surface area contributed by atoms with Crippen molar-refractivity contribution in [1.82, 2.24) is 15.0 Å². The molecule has 1 rings (SSSR count). The van der Waals surface area contributed by atoms with Gasteiger partial charge < -0.3 is 5.73 Å². The summed E-state index contributed by atoms with van der Waals surface area (Å²) in [6, 6.07) is 0.342. The van der Waals surface area contributed by atoms with Gasteiger partial charge in [0.15, 0.2) is 5.82 Å². The second-order valence-corrected chi connectivity index (χ2v) is 2.22. The normalized spacial score (nSPS) is 10.6. The summed E-state index contributed by atoms with van der Waals surface area (Å²) >= 11 is 0. The Kier molecular flexibility index (Phi) is 1.38. The molecule has 2 N–H and O–H groups in total. The van der Waals surface area contributed by atoms with Crippen LogP contribution in [0.2, 0.25) is 0 Å². The highest BCUT2D eigenvalue weighted by molar-refractivity contribution is 5.19. The van der Waals surface area contributed by atoms with Crippen molar-refractivity contribution in [3.8, 4) is 0 Å². The number of nitrogens with zero attached hydrogens (tertiary/aromatic N) is 3. The predicted octanol–water partition coefficient (Wildman–Crippen LogP) is 0.441. The predicted molar refractivity (Wildman–Crippen MR) is 34.8 cm³/mol. The molecule has 0 unspecified atom stereocenters. The first-order valence-corrected chi connectivity index (χ1v) is 2.87. The van der Waals surface area contributed by atoms with Gasteiger partial charge in [0.1, 0.15) is 0 Å². The third-order valence-electron chi connectivity index (χ3n) is 1.06. The molecule has 4 nitrogen and oxygen atoms in total. The monoisotopic (exact) mass is 126 g/mol. The summed E-state index contributed by atoms with van der Waals surface area (Å²) in [5.74, 6) is 0.476. The molecule has 0 aromatic carbocycles. The third kappa shape index (κ3) is 1.19. The summed E-state index contributed by atoms with van der Waals surface area (Å²) in [6.45, 7) is 4.04. The molecule has 0 amide bonds. The van der Waals surface area contributed by atoms with Crippen molar-refractivity contribution >= 4 is 5.82 Å². The fourth-order valence-electron chi connectivity index (χ4n) is 0.543. The van der Waals surface area contributed by atoms with Gasteiger partial charge in [-0.25, -0.2) is 4.68 Å². The van der Waals surface area contributed by atoms with E-state index in [0.717, 1.165) is 0 Å². The fourth-order valence-corrected chi connectivity index (χ4v) is 0.543. The molecule has 0 radical (unpaired) electrons. The number of rotatable bonds is 1. The van der Waals surface area contributed by atoms with Crippen molar-refractivity contribution in [1.29, 1.82) is 0 Å². The molecule has 0 aliphatic rings. The smallest absolute Gasteiger partial charge is 0.165 e. The molecule has 0 aliphatic heterocycles. The quantitative estimate of drug-likeness (QED) is 0.594. The molecule has 0 saturated heterocycles. The van der Waals surface area contributed by atoms with Gasteiger partial charge in [0.25, 0.3) is 0 Å². The number of anilines is 1. The topological polar surface area (TPSA) is 56.7 Å². The molecule has 9 heavy (non-hydrogen) atoms. The molecule has 0 bridgehead atoms. The minimum absolute atomic E-state index is 0.342. The van der Waals surface area contributed by atoms with Crippen LogP contribution in [0, 0.1) is 0 Å². The Morgan fingerprint density at radius 2 is 2.33 bits per heavy atom. The summed E-state index contributed by atoms with van der Waals surface area (Å²) in [5.41, 5.74) is 5.32. The molecular formula is C5H10N4. The first-order chi connectivity index (χ1) is 4.20. The van der Waals surface area contributed by atoms with E-state index in [4.69, 9.17) is 5.73 Å². The van der Waals surface area contributed by atoms with Crippen LogP contribution in [0.1, 0.15) is 19.9 Å². The fraction of sp³-hybridized carbons (Fsp3) is 0.600. The zero-order valence-corrected chi connectivity index (χ0v) is 5.57. The van der Waals surface area contributed by atoms with Crippen molar-refractivity contribution in [2.45, 2.75) is 19.9 Å². The Labute approximate surface area is 53.7 Å². The zero-order valence-electron chi connectivity index (χ0n) is 5.57. The average molecular weight is 126 g/mol. The maximum atomic E-state index is 5.32. The van der Waals surface area contributed by atoms with E-state index < -0.39 is 0 Å². The molecule has 50 valence electrons. The summed E-state index contributed by atoms with van der Waals surface area (Å²) in [5, 5.41) is 7.39. The lowest BCUT2D eigenvalue weighted by atomic mass is 10.4. The molecule has 0 aliphatic carbocycles. The van der Waals surface area contributed by atoms with Gasteiger partial charge in [-0.15, -0.1) is 5.10 Å². The van der Waals surface area contributed by atoms with Crippen molar-refractivity contribution in [2.75, 3.05) is 5.73 Å². The van der Waals surface area contributed by atoms with Crippen LogP contribution in [0.3, 0.4) is 0 Å². The highest BCUT2D eigenvalue weighted by atomic mass is 15.4. The molecule has 1 aromatic heterocycles. The van der Waals surface area contributed by atoms with E-state index in [1.54, 1.807) is 10.9 Å². The molecule has 0 spiro atoms. The van der Waals surface area contributed by atoms with Crippen LogP contribution in [0.5, 0.6) is 0 Å². The first kappa shape index (κ1) is 6.07. The molecule has 0 atom stereocenters. The Morgan fingerprint density at radius 3 is 2.56 bits per heavy atom. The van der Waals surface area contributed by atoms with Crippen LogP contribution < -0.4 is 5.73 Å². The number of hydrogen-bond acceptors (Lipinski definition) is 3. The van der Waals surface area contributed by atoms with E-state index in [2.05, 4.69) is 10.3 Å². The second kappa shape index (κ2) is 2.05. The van der Waals surface area contributed by atoms with E-state index in [-0.39, 0.29) is 0 Å². The maximum Gasteiger partial charge on any atom is 0.165 e. The molecule has 4 heteroatoms. The molecule has 0 saturated carbocycles. The van der Waals surface area contributed by atoms with E-state index in [9.17, 15) is 0 Å². The summed E-state index contributed by atoms with van der Waals surface area (Å²) in [4.78, 5) is 0. The van der Waals surface area contributed by atoms with E-state index >= 15 is 0 Å². The lowest BCUT2D eigenvalue weighted by Gasteiger charge is -2.00. The van der Waals surface area contributed by atoms with Crippen molar-refractivity contribution < 1.29 is 0 Å². The third-order valence-corrected chi connectivity index (χ3v) is 1.06. The SMILES string of the molecule is CC(C)n1cc(N)nn1. The van der Waals surface area contributed by atoms with Crippen molar-refractivity contribution in [2.24, 2.45) is 0 Å². The Balaban J connectivity index is 2.85. The Bertz CT molecular complexity index is 191. The standard InChI is InChI=1S/C5H10N4/c1-4(2)9-3-5(6)7-8-9/h3-4H,6H2,1-2H3. The minimum Gasteiger partial charge on any atom is -0.381 e. The van der Waals surface area contributed by atoms with Crippen LogP contribution in [0.4, 0.5) is 5.82 Å². The highest BCUT2D eigenvalue weighted by Gasteiger charge is 1.97. The van der Waals surface area contributed by atoms with Gasteiger partial charge in [-0.2, -0.15) is 0 Å². The van der Waals surface area contributed by atoms with Gasteiger partial charge in [0, 0.05) is 6.04 Å².